The average Bonchev–Trinajstić information content (AvgIpc) is 2.05. The van der Waals surface area contributed by atoms with E-state index in [0.29, 0.717) is 5.02 Å². The third-order valence-electron chi connectivity index (χ3n) is 1.42. The zero-order valence-electron chi connectivity index (χ0n) is 6.30. The van der Waals surface area contributed by atoms with Crippen LogP contribution in [0.3, 0.4) is 0 Å². The van der Waals surface area contributed by atoms with E-state index in [1.807, 2.05) is 12.1 Å². The van der Waals surface area contributed by atoms with Crippen molar-refractivity contribution in [2.24, 2.45) is 0 Å². The summed E-state index contributed by atoms with van der Waals surface area (Å²) in [6.07, 6.45) is 1.70. The van der Waals surface area contributed by atoms with E-state index >= 15 is 0 Å². The molecule has 11 heavy (non-hydrogen) atoms. The summed E-state index contributed by atoms with van der Waals surface area (Å²) >= 11 is 5.83. The summed E-state index contributed by atoms with van der Waals surface area (Å²) in [6.45, 7) is 3.63. The van der Waals surface area contributed by atoms with Gasteiger partial charge in [0, 0.05) is 5.02 Å². The van der Waals surface area contributed by atoms with E-state index in [-0.39, 0.29) is 0 Å². The van der Waals surface area contributed by atoms with E-state index in [0.717, 1.165) is 11.3 Å². The highest BCUT2D eigenvalue weighted by atomic mass is 35.5. The van der Waals surface area contributed by atoms with Crippen LogP contribution in [0.1, 0.15) is 5.56 Å². The third kappa shape index (κ3) is 1.75. The van der Waals surface area contributed by atoms with E-state index in [9.17, 15) is 0 Å². The van der Waals surface area contributed by atoms with Crippen LogP contribution in [0.2, 0.25) is 5.02 Å². The molecular formula is C9H9ClO. The van der Waals surface area contributed by atoms with Gasteiger partial charge in [0.1, 0.15) is 5.75 Å². The molecule has 1 rings (SSSR count). The zero-order chi connectivity index (χ0) is 8.27. The number of hydrogen-bond donors (Lipinski definition) is 0. The number of halogens is 1. The van der Waals surface area contributed by atoms with E-state index < -0.39 is 0 Å². The average molecular weight is 169 g/mol. The van der Waals surface area contributed by atoms with E-state index in [2.05, 4.69) is 6.58 Å². The predicted octanol–water partition coefficient (Wildman–Crippen LogP) is 2.99. The molecule has 0 bridgehead atoms. The highest BCUT2D eigenvalue weighted by molar-refractivity contribution is 6.32. The summed E-state index contributed by atoms with van der Waals surface area (Å²) < 4.78 is 5.01. The van der Waals surface area contributed by atoms with Gasteiger partial charge in [-0.25, -0.2) is 0 Å². The zero-order valence-corrected chi connectivity index (χ0v) is 7.06. The molecule has 0 aromatic heterocycles. The van der Waals surface area contributed by atoms with Gasteiger partial charge in [0.15, 0.2) is 0 Å². The lowest BCUT2D eigenvalue weighted by Gasteiger charge is -2.01. The molecule has 0 heterocycles. The van der Waals surface area contributed by atoms with Gasteiger partial charge in [0.2, 0.25) is 0 Å². The quantitative estimate of drug-likeness (QED) is 0.660. The van der Waals surface area contributed by atoms with Gasteiger partial charge >= 0.3 is 0 Å². The van der Waals surface area contributed by atoms with E-state index in [4.69, 9.17) is 16.3 Å². The third-order valence-corrected chi connectivity index (χ3v) is 1.77. The summed E-state index contributed by atoms with van der Waals surface area (Å²) in [5, 5.41) is 0.695. The number of methoxy groups -OCH3 is 1. The molecule has 0 fully saturated rings. The molecule has 0 N–H and O–H groups in total. The van der Waals surface area contributed by atoms with Crippen LogP contribution in [0.25, 0.3) is 6.08 Å². The number of benzene rings is 1. The largest absolute Gasteiger partial charge is 0.497 e. The monoisotopic (exact) mass is 168 g/mol. The van der Waals surface area contributed by atoms with Crippen molar-refractivity contribution in [3.05, 3.63) is 35.4 Å². The first-order valence-corrected chi connectivity index (χ1v) is 3.61. The maximum absolute atomic E-state index is 5.83. The van der Waals surface area contributed by atoms with Gasteiger partial charge in [-0.2, -0.15) is 0 Å². The normalized spacial score (nSPS) is 9.27. The Morgan fingerprint density at radius 2 is 2.27 bits per heavy atom. The molecule has 1 aromatic rings. The van der Waals surface area contributed by atoms with Crippen molar-refractivity contribution in [3.8, 4) is 5.75 Å². The molecule has 1 aromatic carbocycles. The molecule has 58 valence electrons. The summed E-state index contributed by atoms with van der Waals surface area (Å²) in [5.41, 5.74) is 0.894. The fourth-order valence-electron chi connectivity index (χ4n) is 0.805. The van der Waals surface area contributed by atoms with Gasteiger partial charge < -0.3 is 4.74 Å². The Kier molecular flexibility index (Phi) is 2.55. The number of ether oxygens (including phenoxy) is 1. The summed E-state index contributed by atoms with van der Waals surface area (Å²) in [4.78, 5) is 0. The smallest absolute Gasteiger partial charge is 0.119 e. The first-order valence-electron chi connectivity index (χ1n) is 3.24. The van der Waals surface area contributed by atoms with Gasteiger partial charge in [-0.05, 0) is 23.8 Å². The second-order valence-electron chi connectivity index (χ2n) is 2.09. The van der Waals surface area contributed by atoms with Crippen LogP contribution in [0, 0.1) is 0 Å². The lowest BCUT2D eigenvalue weighted by molar-refractivity contribution is 0.414. The Bertz CT molecular complexity index is 268. The van der Waals surface area contributed by atoms with Gasteiger partial charge in [-0.15, -0.1) is 0 Å². The van der Waals surface area contributed by atoms with Crippen molar-refractivity contribution < 1.29 is 4.74 Å². The molecule has 0 aliphatic rings. The molecule has 0 saturated heterocycles. The van der Waals surface area contributed by atoms with Gasteiger partial charge in [0.05, 0.1) is 7.11 Å². The number of hydrogen-bond acceptors (Lipinski definition) is 1. The van der Waals surface area contributed by atoms with Crippen molar-refractivity contribution in [1.29, 1.82) is 0 Å². The minimum atomic E-state index is 0.695. The Hall–Kier alpha value is -0.950. The number of rotatable bonds is 2. The topological polar surface area (TPSA) is 9.23 Å². The van der Waals surface area contributed by atoms with Gasteiger partial charge in [-0.3, -0.25) is 0 Å². The molecule has 0 saturated carbocycles. The Morgan fingerprint density at radius 3 is 2.82 bits per heavy atom. The molecule has 0 aliphatic heterocycles. The van der Waals surface area contributed by atoms with E-state index in [1.54, 1.807) is 19.3 Å². The standard InChI is InChI=1S/C9H9ClO/c1-3-7-6-8(11-2)4-5-9(7)10/h3-6H,1H2,2H3. The van der Waals surface area contributed by atoms with Crippen molar-refractivity contribution in [2.45, 2.75) is 0 Å². The lowest BCUT2D eigenvalue weighted by atomic mass is 10.2. The molecule has 0 radical (unpaired) electrons. The summed E-state index contributed by atoms with van der Waals surface area (Å²) in [7, 11) is 1.62. The molecule has 0 unspecified atom stereocenters. The molecular weight excluding hydrogens is 160 g/mol. The minimum absolute atomic E-state index is 0.695. The first-order chi connectivity index (χ1) is 5.27. The summed E-state index contributed by atoms with van der Waals surface area (Å²) in [6, 6.07) is 5.45. The van der Waals surface area contributed by atoms with Crippen molar-refractivity contribution in [2.75, 3.05) is 7.11 Å². The Balaban J connectivity index is 3.12. The van der Waals surface area contributed by atoms with Crippen LogP contribution in [0.5, 0.6) is 5.75 Å². The van der Waals surface area contributed by atoms with Crippen molar-refractivity contribution >= 4 is 17.7 Å². The maximum atomic E-state index is 5.83. The fraction of sp³-hybridized carbons (Fsp3) is 0.111. The molecule has 0 spiro atoms. The van der Waals surface area contributed by atoms with Crippen LogP contribution in [0.4, 0.5) is 0 Å². The van der Waals surface area contributed by atoms with Crippen molar-refractivity contribution in [1.82, 2.24) is 0 Å². The van der Waals surface area contributed by atoms with Crippen LogP contribution < -0.4 is 4.74 Å². The molecule has 1 nitrogen and oxygen atoms in total. The van der Waals surface area contributed by atoms with Crippen LogP contribution in [0.15, 0.2) is 24.8 Å². The van der Waals surface area contributed by atoms with Crippen LogP contribution >= 0.6 is 11.6 Å². The molecule has 0 aliphatic carbocycles. The van der Waals surface area contributed by atoms with Crippen molar-refractivity contribution in [3.63, 3.8) is 0 Å². The second kappa shape index (κ2) is 3.44. The Labute approximate surface area is 71.3 Å². The van der Waals surface area contributed by atoms with Gasteiger partial charge in [-0.1, -0.05) is 24.3 Å². The maximum Gasteiger partial charge on any atom is 0.119 e. The van der Waals surface area contributed by atoms with Crippen LogP contribution in [-0.2, 0) is 0 Å². The van der Waals surface area contributed by atoms with Gasteiger partial charge in [0.25, 0.3) is 0 Å². The van der Waals surface area contributed by atoms with Crippen LogP contribution in [-0.4, -0.2) is 7.11 Å². The molecule has 0 amide bonds. The minimum Gasteiger partial charge on any atom is -0.497 e. The predicted molar refractivity (Wildman–Crippen MR) is 48.1 cm³/mol. The Morgan fingerprint density at radius 1 is 1.55 bits per heavy atom. The second-order valence-corrected chi connectivity index (χ2v) is 2.50. The SMILES string of the molecule is C=Cc1cc(OC)ccc1Cl. The van der Waals surface area contributed by atoms with E-state index in [1.165, 1.54) is 0 Å². The first kappa shape index (κ1) is 8.15. The highest BCUT2D eigenvalue weighted by Crippen LogP contribution is 2.22. The lowest BCUT2D eigenvalue weighted by Crippen LogP contribution is -1.83. The molecule has 0 atom stereocenters. The summed E-state index contributed by atoms with van der Waals surface area (Å²) in [5.74, 6) is 0.796. The highest BCUT2D eigenvalue weighted by Gasteiger charge is 1.96. The molecule has 2 heteroatoms. The fourth-order valence-corrected chi connectivity index (χ4v) is 1.000.